The lowest BCUT2D eigenvalue weighted by Gasteiger charge is -2.27. The summed E-state index contributed by atoms with van der Waals surface area (Å²) in [7, 11) is 0. The Bertz CT molecular complexity index is 331. The van der Waals surface area contributed by atoms with E-state index in [0.717, 1.165) is 16.8 Å². The Morgan fingerprint density at radius 3 is 3.14 bits per heavy atom. The fourth-order valence-corrected chi connectivity index (χ4v) is 1.69. The van der Waals surface area contributed by atoms with Crippen LogP contribution in [-0.2, 0) is 0 Å². The average Bonchev–Trinajstić information content (AvgIpc) is 2.09. The van der Waals surface area contributed by atoms with Crippen molar-refractivity contribution in [1.82, 2.24) is 10.3 Å². The third-order valence-electron chi connectivity index (χ3n) is 2.18. The summed E-state index contributed by atoms with van der Waals surface area (Å²) in [6.45, 7) is 1.77. The first-order valence-electron chi connectivity index (χ1n) is 4.43. The highest BCUT2D eigenvalue weighted by atomic mass is 79.9. The summed E-state index contributed by atoms with van der Waals surface area (Å²) >= 11 is 9.15. The van der Waals surface area contributed by atoms with Crippen molar-refractivity contribution in [2.24, 2.45) is 0 Å². The first kappa shape index (κ1) is 10.2. The molecule has 1 fully saturated rings. The van der Waals surface area contributed by atoms with Crippen molar-refractivity contribution < 1.29 is 4.74 Å². The zero-order valence-corrected chi connectivity index (χ0v) is 9.81. The zero-order valence-electron chi connectivity index (χ0n) is 7.46. The topological polar surface area (TPSA) is 34.1 Å². The predicted octanol–water partition coefficient (Wildman–Crippen LogP) is 2.24. The van der Waals surface area contributed by atoms with Gasteiger partial charge in [0.25, 0.3) is 0 Å². The Morgan fingerprint density at radius 2 is 2.50 bits per heavy atom. The Hall–Kier alpha value is -0.320. The number of nitrogens with one attached hydrogen (secondary N) is 1. The monoisotopic (exact) mass is 276 g/mol. The van der Waals surface area contributed by atoms with Gasteiger partial charge in [-0.3, -0.25) is 0 Å². The summed E-state index contributed by atoms with van der Waals surface area (Å²) in [6.07, 6.45) is 2.81. The second kappa shape index (κ2) is 4.47. The number of halogens is 2. The van der Waals surface area contributed by atoms with Crippen LogP contribution in [-0.4, -0.2) is 24.2 Å². The minimum atomic E-state index is 0.434. The van der Waals surface area contributed by atoms with Crippen LogP contribution in [0.2, 0.25) is 5.15 Å². The standard InChI is InChI=1S/C9H10BrClN2O/c10-8-7(2-4-13-9(8)11)14-5-6-1-3-12-6/h2,4,6,12H,1,3,5H2/t6-/m1/s1. The van der Waals surface area contributed by atoms with Gasteiger partial charge in [-0.2, -0.15) is 0 Å². The van der Waals surface area contributed by atoms with E-state index >= 15 is 0 Å². The van der Waals surface area contributed by atoms with Crippen molar-refractivity contribution in [3.05, 3.63) is 21.9 Å². The van der Waals surface area contributed by atoms with Crippen molar-refractivity contribution in [3.63, 3.8) is 0 Å². The molecule has 1 aromatic heterocycles. The quantitative estimate of drug-likeness (QED) is 0.861. The lowest BCUT2D eigenvalue weighted by Crippen LogP contribution is -2.46. The highest BCUT2D eigenvalue weighted by molar-refractivity contribution is 9.10. The van der Waals surface area contributed by atoms with Gasteiger partial charge in [-0.15, -0.1) is 0 Å². The largest absolute Gasteiger partial charge is 0.491 e. The third-order valence-corrected chi connectivity index (χ3v) is 3.46. The number of nitrogens with zero attached hydrogens (tertiary/aromatic N) is 1. The van der Waals surface area contributed by atoms with E-state index in [-0.39, 0.29) is 0 Å². The molecular weight excluding hydrogens is 267 g/mol. The first-order chi connectivity index (χ1) is 6.77. The summed E-state index contributed by atoms with van der Waals surface area (Å²) in [5.41, 5.74) is 0. The van der Waals surface area contributed by atoms with Gasteiger partial charge in [-0.05, 0) is 35.0 Å². The van der Waals surface area contributed by atoms with E-state index in [1.807, 2.05) is 0 Å². The van der Waals surface area contributed by atoms with Crippen LogP contribution in [0.4, 0.5) is 0 Å². The Kier molecular flexibility index (Phi) is 3.26. The van der Waals surface area contributed by atoms with E-state index in [9.17, 15) is 0 Å². The molecule has 0 aromatic carbocycles. The van der Waals surface area contributed by atoms with Crippen molar-refractivity contribution >= 4 is 27.5 Å². The molecule has 1 aliphatic heterocycles. The van der Waals surface area contributed by atoms with E-state index < -0.39 is 0 Å². The molecule has 1 aromatic rings. The minimum absolute atomic E-state index is 0.434. The molecule has 2 rings (SSSR count). The van der Waals surface area contributed by atoms with Crippen LogP contribution in [0.5, 0.6) is 5.75 Å². The van der Waals surface area contributed by atoms with E-state index in [1.165, 1.54) is 6.42 Å². The maximum atomic E-state index is 5.82. The fourth-order valence-electron chi connectivity index (χ4n) is 1.19. The zero-order chi connectivity index (χ0) is 9.97. The average molecular weight is 278 g/mol. The van der Waals surface area contributed by atoms with Crippen molar-refractivity contribution in [2.45, 2.75) is 12.5 Å². The van der Waals surface area contributed by atoms with Gasteiger partial charge in [0.05, 0.1) is 4.47 Å². The van der Waals surface area contributed by atoms with Gasteiger partial charge in [0.2, 0.25) is 0 Å². The molecule has 0 saturated carbocycles. The van der Waals surface area contributed by atoms with Crippen molar-refractivity contribution in [2.75, 3.05) is 13.2 Å². The van der Waals surface area contributed by atoms with Gasteiger partial charge in [0.15, 0.2) is 0 Å². The van der Waals surface area contributed by atoms with Crippen LogP contribution in [0.1, 0.15) is 6.42 Å². The molecule has 5 heteroatoms. The number of hydrogen-bond donors (Lipinski definition) is 1. The first-order valence-corrected chi connectivity index (χ1v) is 5.60. The molecule has 0 unspecified atom stereocenters. The maximum absolute atomic E-state index is 5.82. The number of rotatable bonds is 3. The number of aromatic nitrogens is 1. The highest BCUT2D eigenvalue weighted by Crippen LogP contribution is 2.30. The van der Waals surface area contributed by atoms with Crippen LogP contribution in [0.3, 0.4) is 0 Å². The Morgan fingerprint density at radius 1 is 1.71 bits per heavy atom. The van der Waals surface area contributed by atoms with Crippen LogP contribution >= 0.6 is 27.5 Å². The van der Waals surface area contributed by atoms with Crippen LogP contribution in [0.25, 0.3) is 0 Å². The summed E-state index contributed by atoms with van der Waals surface area (Å²) in [6, 6.07) is 2.28. The molecule has 0 amide bonds. The van der Waals surface area contributed by atoms with E-state index in [1.54, 1.807) is 12.3 Å². The third kappa shape index (κ3) is 2.19. The van der Waals surface area contributed by atoms with Crippen LogP contribution < -0.4 is 10.1 Å². The van der Waals surface area contributed by atoms with E-state index in [4.69, 9.17) is 16.3 Å². The van der Waals surface area contributed by atoms with E-state index in [0.29, 0.717) is 17.8 Å². The molecule has 1 N–H and O–H groups in total. The molecule has 14 heavy (non-hydrogen) atoms. The lowest BCUT2D eigenvalue weighted by molar-refractivity contribution is 0.216. The van der Waals surface area contributed by atoms with Gasteiger partial charge in [0, 0.05) is 12.2 Å². The van der Waals surface area contributed by atoms with Crippen molar-refractivity contribution in [3.8, 4) is 5.75 Å². The number of ether oxygens (including phenoxy) is 1. The molecule has 2 heterocycles. The summed E-state index contributed by atoms with van der Waals surface area (Å²) < 4.78 is 6.31. The van der Waals surface area contributed by atoms with Gasteiger partial charge >= 0.3 is 0 Å². The Labute approximate surface area is 95.9 Å². The predicted molar refractivity (Wildman–Crippen MR) is 58.8 cm³/mol. The summed E-state index contributed by atoms with van der Waals surface area (Å²) in [4.78, 5) is 3.92. The minimum Gasteiger partial charge on any atom is -0.491 e. The van der Waals surface area contributed by atoms with Crippen LogP contribution in [0, 0.1) is 0 Å². The molecule has 0 bridgehead atoms. The molecule has 0 aliphatic carbocycles. The molecule has 0 spiro atoms. The number of hydrogen-bond acceptors (Lipinski definition) is 3. The molecule has 1 atom stereocenters. The van der Waals surface area contributed by atoms with Gasteiger partial charge in [-0.25, -0.2) is 4.98 Å². The van der Waals surface area contributed by atoms with Crippen molar-refractivity contribution in [1.29, 1.82) is 0 Å². The van der Waals surface area contributed by atoms with Gasteiger partial charge < -0.3 is 10.1 Å². The molecule has 1 saturated heterocycles. The maximum Gasteiger partial charge on any atom is 0.146 e. The normalized spacial score (nSPS) is 20.3. The molecule has 1 aliphatic rings. The smallest absolute Gasteiger partial charge is 0.146 e. The molecule has 3 nitrogen and oxygen atoms in total. The highest BCUT2D eigenvalue weighted by Gasteiger charge is 2.17. The Balaban J connectivity index is 1.97. The summed E-state index contributed by atoms with van der Waals surface area (Å²) in [5, 5.41) is 3.70. The lowest BCUT2D eigenvalue weighted by atomic mass is 10.1. The molecule has 76 valence electrons. The second-order valence-corrected chi connectivity index (χ2v) is 4.32. The molecule has 0 radical (unpaired) electrons. The molecular formula is C9H10BrClN2O. The summed E-state index contributed by atoms with van der Waals surface area (Å²) in [5.74, 6) is 0.749. The number of pyridine rings is 1. The van der Waals surface area contributed by atoms with Gasteiger partial charge in [-0.1, -0.05) is 11.6 Å². The van der Waals surface area contributed by atoms with Gasteiger partial charge in [0.1, 0.15) is 17.5 Å². The SMILES string of the molecule is Clc1nccc(OC[C@H]2CCN2)c1Br. The second-order valence-electron chi connectivity index (χ2n) is 3.16. The van der Waals surface area contributed by atoms with Crippen LogP contribution in [0.15, 0.2) is 16.7 Å². The fraction of sp³-hybridized carbons (Fsp3) is 0.444. The van der Waals surface area contributed by atoms with E-state index in [2.05, 4.69) is 26.2 Å².